The van der Waals surface area contributed by atoms with Crippen molar-refractivity contribution < 1.29 is 9.53 Å². The summed E-state index contributed by atoms with van der Waals surface area (Å²) in [7, 11) is 3.17. The van der Waals surface area contributed by atoms with Gasteiger partial charge in [0, 0.05) is 7.05 Å². The third kappa shape index (κ3) is 2.48. The Morgan fingerprint density at radius 2 is 2.11 bits per heavy atom. The number of carbonyl (C=O) groups excluding carboxylic acids is 1. The van der Waals surface area contributed by atoms with Crippen LogP contribution in [0.4, 0.5) is 0 Å². The first kappa shape index (κ1) is 12.5. The highest BCUT2D eigenvalue weighted by Crippen LogP contribution is 2.23. The van der Waals surface area contributed by atoms with Gasteiger partial charge in [-0.05, 0) is 18.7 Å². The van der Waals surface area contributed by atoms with Crippen molar-refractivity contribution in [2.75, 3.05) is 7.11 Å². The van der Waals surface area contributed by atoms with Crippen LogP contribution in [0.2, 0.25) is 0 Å². The van der Waals surface area contributed by atoms with Crippen molar-refractivity contribution in [1.29, 1.82) is 0 Å². The molecule has 0 aliphatic heterocycles. The normalized spacial score (nSPS) is 10.4. The van der Waals surface area contributed by atoms with Gasteiger partial charge in [-0.3, -0.25) is 0 Å². The summed E-state index contributed by atoms with van der Waals surface area (Å²) < 4.78 is 6.39. The van der Waals surface area contributed by atoms with Gasteiger partial charge in [0.15, 0.2) is 10.9 Å². The number of aryl methyl sites for hydroxylation is 1. The summed E-state index contributed by atoms with van der Waals surface area (Å²) in [5.74, 6) is 0.310. The van der Waals surface area contributed by atoms with E-state index in [2.05, 4.69) is 24.9 Å². The van der Waals surface area contributed by atoms with E-state index < -0.39 is 5.97 Å². The molecule has 2 rings (SSSR count). The lowest BCUT2D eigenvalue weighted by Crippen LogP contribution is -2.04. The van der Waals surface area contributed by atoms with Crippen LogP contribution in [0.3, 0.4) is 0 Å². The van der Waals surface area contributed by atoms with Crippen molar-refractivity contribution in [3.63, 3.8) is 0 Å². The third-order valence-electron chi connectivity index (χ3n) is 2.27. The molecule has 0 amide bonds. The predicted octanol–water partition coefficient (Wildman–Crippen LogP) is 0.851. The van der Waals surface area contributed by atoms with Crippen molar-refractivity contribution in [1.82, 2.24) is 24.7 Å². The molecule has 2 heterocycles. The quantitative estimate of drug-likeness (QED) is 0.761. The van der Waals surface area contributed by atoms with Crippen LogP contribution in [0.25, 0.3) is 0 Å². The highest BCUT2D eigenvalue weighted by atomic mass is 32.2. The van der Waals surface area contributed by atoms with Crippen LogP contribution in [0.1, 0.15) is 16.3 Å². The van der Waals surface area contributed by atoms with E-state index in [0.29, 0.717) is 10.2 Å². The van der Waals surface area contributed by atoms with Gasteiger partial charge in [-0.15, -0.1) is 10.2 Å². The van der Waals surface area contributed by atoms with Crippen LogP contribution in [0.15, 0.2) is 22.6 Å². The van der Waals surface area contributed by atoms with E-state index in [1.807, 2.05) is 18.5 Å². The number of aromatic nitrogens is 5. The zero-order chi connectivity index (χ0) is 13.1. The molecule has 2 aromatic heterocycles. The van der Waals surface area contributed by atoms with Gasteiger partial charge in [-0.25, -0.2) is 14.8 Å². The molecule has 0 aromatic carbocycles. The minimum atomic E-state index is -0.506. The van der Waals surface area contributed by atoms with Crippen molar-refractivity contribution in [3.05, 3.63) is 23.9 Å². The fourth-order valence-electron chi connectivity index (χ4n) is 1.15. The molecule has 94 valence electrons. The smallest absolute Gasteiger partial charge is 0.358 e. The molecular formula is C10H11N5O2S. The average molecular weight is 265 g/mol. The number of esters is 1. The van der Waals surface area contributed by atoms with Gasteiger partial charge >= 0.3 is 5.97 Å². The number of nitrogens with zero attached hydrogens (tertiary/aromatic N) is 5. The summed E-state index contributed by atoms with van der Waals surface area (Å²) in [6, 6.07) is 0. The van der Waals surface area contributed by atoms with Gasteiger partial charge in [0.2, 0.25) is 0 Å². The summed E-state index contributed by atoms with van der Waals surface area (Å²) in [6.07, 6.45) is 2.87. The maximum atomic E-state index is 11.2. The van der Waals surface area contributed by atoms with Crippen LogP contribution in [-0.2, 0) is 11.8 Å². The van der Waals surface area contributed by atoms with E-state index in [0.717, 1.165) is 5.82 Å². The number of methoxy groups -OCH3 is 1. The van der Waals surface area contributed by atoms with Crippen LogP contribution >= 0.6 is 11.8 Å². The van der Waals surface area contributed by atoms with E-state index in [1.54, 1.807) is 0 Å². The first-order valence-corrected chi connectivity index (χ1v) is 5.87. The molecular weight excluding hydrogens is 254 g/mol. The lowest BCUT2D eigenvalue weighted by molar-refractivity contribution is 0.0593. The maximum absolute atomic E-state index is 11.2. The summed E-state index contributed by atoms with van der Waals surface area (Å²) >= 11 is 1.33. The highest BCUT2D eigenvalue weighted by Gasteiger charge is 2.10. The lowest BCUT2D eigenvalue weighted by atomic mass is 10.5. The zero-order valence-electron chi connectivity index (χ0n) is 10.1. The number of ether oxygens (including phenoxy) is 1. The molecule has 0 unspecified atom stereocenters. The SMILES string of the molecule is COC(=O)c1cnc(Sc2nnc(C)n2C)cn1. The molecule has 0 aliphatic carbocycles. The molecule has 0 saturated carbocycles. The standard InChI is InChI=1S/C10H11N5O2S/c1-6-13-14-10(15(6)2)18-8-5-11-7(4-12-8)9(16)17-3/h4-5H,1-3H3. The van der Waals surface area contributed by atoms with Crippen molar-refractivity contribution >= 4 is 17.7 Å². The Balaban J connectivity index is 2.16. The van der Waals surface area contributed by atoms with Crippen LogP contribution < -0.4 is 0 Å². The summed E-state index contributed by atoms with van der Waals surface area (Å²) in [6.45, 7) is 1.86. The molecule has 0 radical (unpaired) electrons. The third-order valence-corrected chi connectivity index (χ3v) is 3.23. The Morgan fingerprint density at radius 1 is 1.33 bits per heavy atom. The van der Waals surface area contributed by atoms with Crippen LogP contribution in [-0.4, -0.2) is 37.8 Å². The average Bonchev–Trinajstić information content (AvgIpc) is 2.71. The molecule has 7 nitrogen and oxygen atoms in total. The number of hydrogen-bond donors (Lipinski definition) is 0. The van der Waals surface area contributed by atoms with Crippen LogP contribution in [0, 0.1) is 6.92 Å². The lowest BCUT2D eigenvalue weighted by Gasteiger charge is -2.01. The molecule has 0 N–H and O–H groups in total. The Kier molecular flexibility index (Phi) is 3.56. The summed E-state index contributed by atoms with van der Waals surface area (Å²) in [5, 5.41) is 9.29. The molecule has 2 aromatic rings. The molecule has 0 bridgehead atoms. The first-order chi connectivity index (χ1) is 8.61. The van der Waals surface area contributed by atoms with Gasteiger partial charge in [-0.2, -0.15) is 0 Å². The van der Waals surface area contributed by atoms with Crippen molar-refractivity contribution in [3.8, 4) is 0 Å². The Bertz CT molecular complexity index is 566. The van der Waals surface area contributed by atoms with Gasteiger partial charge < -0.3 is 9.30 Å². The number of hydrogen-bond acceptors (Lipinski definition) is 7. The van der Waals surface area contributed by atoms with E-state index in [-0.39, 0.29) is 5.69 Å². The Morgan fingerprint density at radius 3 is 2.61 bits per heavy atom. The summed E-state index contributed by atoms with van der Waals surface area (Å²) in [5.41, 5.74) is 0.177. The minimum absolute atomic E-state index is 0.177. The molecule has 18 heavy (non-hydrogen) atoms. The van der Waals surface area contributed by atoms with Crippen molar-refractivity contribution in [2.24, 2.45) is 7.05 Å². The van der Waals surface area contributed by atoms with Gasteiger partial charge in [0.1, 0.15) is 10.9 Å². The molecule has 0 fully saturated rings. The van der Waals surface area contributed by atoms with Gasteiger partial charge in [-0.1, -0.05) is 0 Å². The van der Waals surface area contributed by atoms with E-state index in [9.17, 15) is 4.79 Å². The Hall–Kier alpha value is -1.96. The monoisotopic (exact) mass is 265 g/mol. The van der Waals surface area contributed by atoms with Crippen LogP contribution in [0.5, 0.6) is 0 Å². The fraction of sp³-hybridized carbons (Fsp3) is 0.300. The molecule has 0 spiro atoms. The van der Waals surface area contributed by atoms with Gasteiger partial charge in [0.25, 0.3) is 0 Å². The zero-order valence-corrected chi connectivity index (χ0v) is 10.9. The van der Waals surface area contributed by atoms with E-state index >= 15 is 0 Å². The second-order valence-corrected chi connectivity index (χ2v) is 4.41. The second-order valence-electron chi connectivity index (χ2n) is 3.42. The molecule has 8 heteroatoms. The largest absolute Gasteiger partial charge is 0.464 e. The summed E-state index contributed by atoms with van der Waals surface area (Å²) in [4.78, 5) is 19.3. The van der Waals surface area contributed by atoms with Crippen molar-refractivity contribution in [2.45, 2.75) is 17.1 Å². The fourth-order valence-corrected chi connectivity index (χ4v) is 1.90. The predicted molar refractivity (Wildman–Crippen MR) is 63.2 cm³/mol. The van der Waals surface area contributed by atoms with E-state index in [1.165, 1.54) is 31.3 Å². The number of rotatable bonds is 3. The Labute approximate surface area is 108 Å². The van der Waals surface area contributed by atoms with E-state index in [4.69, 9.17) is 0 Å². The topological polar surface area (TPSA) is 82.8 Å². The molecule has 0 aliphatic rings. The first-order valence-electron chi connectivity index (χ1n) is 5.06. The minimum Gasteiger partial charge on any atom is -0.464 e. The highest BCUT2D eigenvalue weighted by molar-refractivity contribution is 7.99. The maximum Gasteiger partial charge on any atom is 0.358 e. The molecule has 0 atom stereocenters. The second kappa shape index (κ2) is 5.13. The number of carbonyl (C=O) groups is 1. The van der Waals surface area contributed by atoms with Gasteiger partial charge in [0.05, 0.1) is 19.5 Å². The molecule has 0 saturated heterocycles.